The van der Waals surface area contributed by atoms with Gasteiger partial charge >= 0.3 is 41.9 Å². The third kappa shape index (κ3) is 7.52. The number of benzene rings is 1. The number of likely N-dealkylation sites (tertiary alicyclic amines) is 1. The number of hydrogen-bond donors (Lipinski definition) is 0. The number of nitrogens with zero attached hydrogens (tertiary/aromatic N) is 2. The molecule has 0 radical (unpaired) electrons. The van der Waals surface area contributed by atoms with Crippen molar-refractivity contribution >= 4 is 5.97 Å². The maximum absolute atomic E-state index is 13.2. The summed E-state index contributed by atoms with van der Waals surface area (Å²) in [4.78, 5) is 17.1. The van der Waals surface area contributed by atoms with Crippen molar-refractivity contribution in [1.29, 1.82) is 0 Å². The van der Waals surface area contributed by atoms with E-state index in [1.807, 2.05) is 0 Å². The average Bonchev–Trinajstić information content (AvgIpc) is 2.85. The first-order valence-electron chi connectivity index (χ1n) is 12.6. The Morgan fingerprint density at radius 2 is 1.61 bits per heavy atom. The Balaban J connectivity index is 0.00000400. The molecule has 0 unspecified atom stereocenters. The molecule has 2 aliphatic rings. The Labute approximate surface area is 240 Å². The van der Waals surface area contributed by atoms with Crippen LogP contribution >= 0.6 is 0 Å². The van der Waals surface area contributed by atoms with E-state index in [1.165, 1.54) is 24.4 Å². The summed E-state index contributed by atoms with van der Waals surface area (Å²) in [5, 5.41) is 11.3. The van der Waals surface area contributed by atoms with E-state index in [0.717, 1.165) is 50.3 Å². The second kappa shape index (κ2) is 12.7. The second-order valence-electron chi connectivity index (χ2n) is 10.2. The van der Waals surface area contributed by atoms with Gasteiger partial charge in [-0.1, -0.05) is 37.5 Å². The number of halogens is 6. The first-order valence-corrected chi connectivity index (χ1v) is 12.6. The summed E-state index contributed by atoms with van der Waals surface area (Å²) < 4.78 is 79.1. The van der Waals surface area contributed by atoms with Crippen LogP contribution in [0.5, 0.6) is 0 Å². The molecular formula is C27H29F6N2NaO2. The molecule has 0 amide bonds. The number of carboxylic acids is 1. The van der Waals surface area contributed by atoms with Crippen LogP contribution in [0.15, 0.2) is 42.6 Å². The van der Waals surface area contributed by atoms with E-state index in [0.29, 0.717) is 30.5 Å². The van der Waals surface area contributed by atoms with Crippen molar-refractivity contribution in [1.82, 2.24) is 9.88 Å². The average molecular weight is 551 g/mol. The SMILES string of the molecule is O=C([O-])C[C@@H]1CCN([C@@H](c2ccc(C(F)(F)F)nc2)C2CCCCC2)[C@H](c2ccc(C(F)(F)F)cc2)C1.[Na+]. The van der Waals surface area contributed by atoms with Crippen LogP contribution in [0.2, 0.25) is 0 Å². The maximum Gasteiger partial charge on any atom is 1.00 e. The van der Waals surface area contributed by atoms with E-state index in [2.05, 4.69) is 9.88 Å². The number of carbonyl (C=O) groups excluding carboxylic acids is 1. The van der Waals surface area contributed by atoms with Gasteiger partial charge in [0.25, 0.3) is 0 Å². The molecule has 2 heterocycles. The molecule has 2 aromatic rings. The molecular weight excluding hydrogens is 521 g/mol. The van der Waals surface area contributed by atoms with Crippen molar-refractivity contribution in [2.75, 3.05) is 6.54 Å². The molecule has 1 saturated carbocycles. The predicted octanol–water partition coefficient (Wildman–Crippen LogP) is 3.34. The van der Waals surface area contributed by atoms with Crippen molar-refractivity contribution in [2.24, 2.45) is 11.8 Å². The largest absolute Gasteiger partial charge is 1.00 e. The molecule has 1 aromatic carbocycles. The molecule has 11 heteroatoms. The standard InChI is InChI=1S/C27H30F6N2O2.Na/c28-26(29,30)21-9-6-18(7-10-21)22-14-17(15-24(36)37)12-13-35(22)25(19-4-2-1-3-5-19)20-8-11-23(34-16-20)27(31,32)33;/h6-11,16-17,19,22,25H,1-5,12-15H2,(H,36,37);/q;+1/p-1/t17-,22+,25-;/m1./s1. The van der Waals surface area contributed by atoms with Crippen LogP contribution in [0.3, 0.4) is 0 Å². The third-order valence-corrected chi connectivity index (χ3v) is 7.70. The van der Waals surface area contributed by atoms with Gasteiger partial charge in [-0.05, 0) is 79.8 Å². The fraction of sp³-hybridized carbons (Fsp3) is 0.556. The number of carbonyl (C=O) groups is 1. The summed E-state index contributed by atoms with van der Waals surface area (Å²) in [6.07, 6.45) is -2.19. The summed E-state index contributed by atoms with van der Waals surface area (Å²) in [5.41, 5.74) is -0.502. The zero-order valence-electron chi connectivity index (χ0n) is 21.2. The van der Waals surface area contributed by atoms with Gasteiger partial charge < -0.3 is 9.90 Å². The summed E-state index contributed by atoms with van der Waals surface area (Å²) in [7, 11) is 0. The molecule has 4 rings (SSSR count). The Morgan fingerprint density at radius 3 is 2.13 bits per heavy atom. The topological polar surface area (TPSA) is 56.3 Å². The normalized spacial score (nSPS) is 22.5. The number of aromatic nitrogens is 1. The van der Waals surface area contributed by atoms with Gasteiger partial charge in [-0.3, -0.25) is 9.88 Å². The molecule has 4 nitrogen and oxygen atoms in total. The van der Waals surface area contributed by atoms with E-state index in [4.69, 9.17) is 0 Å². The minimum Gasteiger partial charge on any atom is -0.550 e. The summed E-state index contributed by atoms with van der Waals surface area (Å²) in [5.74, 6) is -1.26. The van der Waals surface area contributed by atoms with E-state index < -0.39 is 35.6 Å². The molecule has 38 heavy (non-hydrogen) atoms. The van der Waals surface area contributed by atoms with Crippen LogP contribution < -0.4 is 34.7 Å². The minimum absolute atomic E-state index is 0. The zero-order chi connectivity index (χ0) is 26.8. The molecule has 1 saturated heterocycles. The number of alkyl halides is 6. The quantitative estimate of drug-likeness (QED) is 0.409. The second-order valence-corrected chi connectivity index (χ2v) is 10.2. The van der Waals surface area contributed by atoms with Gasteiger partial charge in [-0.25, -0.2) is 0 Å². The molecule has 1 aliphatic carbocycles. The molecule has 202 valence electrons. The molecule has 0 bridgehead atoms. The minimum atomic E-state index is -4.56. The molecule has 1 aromatic heterocycles. The van der Waals surface area contributed by atoms with E-state index in [1.54, 1.807) is 0 Å². The number of piperidine rings is 1. The van der Waals surface area contributed by atoms with Gasteiger partial charge in [-0.2, -0.15) is 26.3 Å². The Bertz CT molecular complexity index is 1050. The number of rotatable bonds is 6. The van der Waals surface area contributed by atoms with E-state index in [9.17, 15) is 36.2 Å². The number of hydrogen-bond acceptors (Lipinski definition) is 4. The van der Waals surface area contributed by atoms with Gasteiger partial charge in [0.2, 0.25) is 0 Å². The molecule has 0 N–H and O–H groups in total. The molecule has 2 fully saturated rings. The van der Waals surface area contributed by atoms with Crippen LogP contribution in [-0.2, 0) is 17.1 Å². The van der Waals surface area contributed by atoms with Crippen molar-refractivity contribution in [3.05, 3.63) is 65.0 Å². The first kappa shape index (κ1) is 30.9. The van der Waals surface area contributed by atoms with Crippen molar-refractivity contribution in [3.8, 4) is 0 Å². The number of pyridine rings is 1. The van der Waals surface area contributed by atoms with Gasteiger partial charge in [0.1, 0.15) is 5.69 Å². The van der Waals surface area contributed by atoms with Crippen LogP contribution in [0.25, 0.3) is 0 Å². The smallest absolute Gasteiger partial charge is 0.550 e. The third-order valence-electron chi connectivity index (χ3n) is 7.70. The molecule has 1 aliphatic heterocycles. The summed E-state index contributed by atoms with van der Waals surface area (Å²) >= 11 is 0. The molecule has 0 spiro atoms. The Kier molecular flexibility index (Phi) is 10.3. The predicted molar refractivity (Wildman–Crippen MR) is 122 cm³/mol. The van der Waals surface area contributed by atoms with Crippen molar-refractivity contribution in [2.45, 2.75) is 75.8 Å². The Morgan fingerprint density at radius 1 is 0.947 bits per heavy atom. The van der Waals surface area contributed by atoms with Gasteiger partial charge in [0.05, 0.1) is 5.56 Å². The van der Waals surface area contributed by atoms with Gasteiger partial charge in [0, 0.05) is 24.2 Å². The van der Waals surface area contributed by atoms with Gasteiger partial charge in [0.15, 0.2) is 0 Å². The van der Waals surface area contributed by atoms with E-state index in [-0.39, 0.29) is 53.9 Å². The monoisotopic (exact) mass is 550 g/mol. The number of carboxylic acid groups (broad SMARTS) is 1. The van der Waals surface area contributed by atoms with Crippen molar-refractivity contribution < 1.29 is 65.8 Å². The van der Waals surface area contributed by atoms with Gasteiger partial charge in [-0.15, -0.1) is 0 Å². The Hall–Kier alpha value is -1.62. The fourth-order valence-corrected chi connectivity index (χ4v) is 5.96. The summed E-state index contributed by atoms with van der Waals surface area (Å²) in [6, 6.07) is 6.63. The first-order chi connectivity index (χ1) is 17.4. The van der Waals surface area contributed by atoms with Crippen LogP contribution in [0.1, 0.15) is 85.8 Å². The molecule has 3 atom stereocenters. The van der Waals surface area contributed by atoms with Crippen LogP contribution in [-0.4, -0.2) is 22.4 Å². The fourth-order valence-electron chi connectivity index (χ4n) is 5.96. The van der Waals surface area contributed by atoms with Crippen molar-refractivity contribution in [3.63, 3.8) is 0 Å². The van der Waals surface area contributed by atoms with E-state index >= 15 is 0 Å². The maximum atomic E-state index is 13.2. The summed E-state index contributed by atoms with van der Waals surface area (Å²) in [6.45, 7) is 0.464. The zero-order valence-corrected chi connectivity index (χ0v) is 23.2. The van der Waals surface area contributed by atoms with Crippen LogP contribution in [0, 0.1) is 11.8 Å². The van der Waals surface area contributed by atoms with Crippen LogP contribution in [0.4, 0.5) is 26.3 Å². The number of aliphatic carboxylic acids is 1.